The van der Waals surface area contributed by atoms with E-state index in [0.29, 0.717) is 13.0 Å². The number of benzene rings is 2. The number of rotatable bonds is 5. The second kappa shape index (κ2) is 7.59. The summed E-state index contributed by atoms with van der Waals surface area (Å²) in [7, 11) is 1.86. The Kier molecular flexibility index (Phi) is 5.78. The SMILES string of the molecule is Cc1ccc(CCC(=O)N(C)Cc2ccccc2Br)c(C)c1. The Balaban J connectivity index is 1.93. The maximum atomic E-state index is 12.3. The monoisotopic (exact) mass is 359 g/mol. The second-order valence-electron chi connectivity index (χ2n) is 5.77. The van der Waals surface area contributed by atoms with Crippen LogP contribution in [0.2, 0.25) is 0 Å². The van der Waals surface area contributed by atoms with Gasteiger partial charge in [-0.2, -0.15) is 0 Å². The van der Waals surface area contributed by atoms with Crippen molar-refractivity contribution >= 4 is 21.8 Å². The van der Waals surface area contributed by atoms with Gasteiger partial charge in [-0.3, -0.25) is 4.79 Å². The third kappa shape index (κ3) is 4.44. The highest BCUT2D eigenvalue weighted by Gasteiger charge is 2.11. The quantitative estimate of drug-likeness (QED) is 0.760. The van der Waals surface area contributed by atoms with Crippen molar-refractivity contribution in [2.75, 3.05) is 7.05 Å². The van der Waals surface area contributed by atoms with Crippen LogP contribution < -0.4 is 0 Å². The number of hydrogen-bond donors (Lipinski definition) is 0. The predicted octanol–water partition coefficient (Wildman–Crippen LogP) is 4.66. The van der Waals surface area contributed by atoms with Crippen molar-refractivity contribution in [3.63, 3.8) is 0 Å². The Bertz CT molecular complexity index is 666. The largest absolute Gasteiger partial charge is 0.341 e. The van der Waals surface area contributed by atoms with E-state index in [1.165, 1.54) is 16.7 Å². The van der Waals surface area contributed by atoms with E-state index in [1.54, 1.807) is 4.90 Å². The predicted molar refractivity (Wildman–Crippen MR) is 94.9 cm³/mol. The van der Waals surface area contributed by atoms with Gasteiger partial charge in [0, 0.05) is 24.5 Å². The Hall–Kier alpha value is -1.61. The minimum absolute atomic E-state index is 0.177. The number of amides is 1. The van der Waals surface area contributed by atoms with E-state index < -0.39 is 0 Å². The van der Waals surface area contributed by atoms with Gasteiger partial charge >= 0.3 is 0 Å². The third-order valence-corrected chi connectivity index (χ3v) is 4.67. The van der Waals surface area contributed by atoms with Gasteiger partial charge in [-0.05, 0) is 43.0 Å². The molecule has 22 heavy (non-hydrogen) atoms. The fourth-order valence-electron chi connectivity index (χ4n) is 2.53. The molecule has 0 aliphatic rings. The zero-order valence-electron chi connectivity index (χ0n) is 13.4. The van der Waals surface area contributed by atoms with Crippen LogP contribution in [-0.4, -0.2) is 17.9 Å². The molecule has 2 nitrogen and oxygen atoms in total. The van der Waals surface area contributed by atoms with Crippen molar-refractivity contribution in [3.8, 4) is 0 Å². The first-order chi connectivity index (χ1) is 10.5. The summed E-state index contributed by atoms with van der Waals surface area (Å²) >= 11 is 3.53. The van der Waals surface area contributed by atoms with Crippen LogP contribution in [0.5, 0.6) is 0 Å². The van der Waals surface area contributed by atoms with Crippen LogP contribution in [0.1, 0.15) is 28.7 Å². The molecule has 0 aliphatic carbocycles. The fourth-order valence-corrected chi connectivity index (χ4v) is 2.94. The molecule has 0 N–H and O–H groups in total. The number of aryl methyl sites for hydroxylation is 3. The Morgan fingerprint density at radius 3 is 2.50 bits per heavy atom. The first-order valence-corrected chi connectivity index (χ1v) is 8.30. The van der Waals surface area contributed by atoms with E-state index in [9.17, 15) is 4.79 Å². The normalized spacial score (nSPS) is 10.5. The number of halogens is 1. The lowest BCUT2D eigenvalue weighted by molar-refractivity contribution is -0.130. The second-order valence-corrected chi connectivity index (χ2v) is 6.63. The van der Waals surface area contributed by atoms with E-state index in [1.807, 2.05) is 31.3 Å². The van der Waals surface area contributed by atoms with Gasteiger partial charge in [-0.1, -0.05) is 57.9 Å². The smallest absolute Gasteiger partial charge is 0.222 e. The molecule has 1 amide bonds. The first-order valence-electron chi connectivity index (χ1n) is 7.51. The number of carbonyl (C=O) groups is 1. The summed E-state index contributed by atoms with van der Waals surface area (Å²) in [5, 5.41) is 0. The zero-order valence-corrected chi connectivity index (χ0v) is 15.0. The van der Waals surface area contributed by atoms with Gasteiger partial charge < -0.3 is 4.90 Å². The lowest BCUT2D eigenvalue weighted by Crippen LogP contribution is -2.26. The molecule has 2 aromatic rings. The Morgan fingerprint density at radius 2 is 1.82 bits per heavy atom. The van der Waals surface area contributed by atoms with E-state index in [0.717, 1.165) is 16.5 Å². The Morgan fingerprint density at radius 1 is 1.09 bits per heavy atom. The number of nitrogens with zero attached hydrogens (tertiary/aromatic N) is 1. The lowest BCUT2D eigenvalue weighted by Gasteiger charge is -2.18. The lowest BCUT2D eigenvalue weighted by atomic mass is 10.0. The van der Waals surface area contributed by atoms with E-state index in [4.69, 9.17) is 0 Å². The number of hydrogen-bond acceptors (Lipinski definition) is 1. The Labute approximate surface area is 141 Å². The van der Waals surface area contributed by atoms with Gasteiger partial charge in [-0.15, -0.1) is 0 Å². The molecule has 0 heterocycles. The van der Waals surface area contributed by atoms with Crippen LogP contribution in [0.3, 0.4) is 0 Å². The molecular formula is C19H22BrNO. The number of carbonyl (C=O) groups excluding carboxylic acids is 1. The maximum absolute atomic E-state index is 12.3. The van der Waals surface area contributed by atoms with Crippen LogP contribution in [0.15, 0.2) is 46.9 Å². The van der Waals surface area contributed by atoms with Crippen LogP contribution in [-0.2, 0) is 17.8 Å². The molecular weight excluding hydrogens is 338 g/mol. The zero-order chi connectivity index (χ0) is 16.1. The molecule has 0 spiro atoms. The molecule has 2 rings (SSSR count). The average Bonchev–Trinajstić information content (AvgIpc) is 2.48. The molecule has 0 saturated carbocycles. The van der Waals surface area contributed by atoms with Crippen molar-refractivity contribution in [1.82, 2.24) is 4.90 Å². The van der Waals surface area contributed by atoms with Crippen molar-refractivity contribution in [2.45, 2.75) is 33.2 Å². The topological polar surface area (TPSA) is 20.3 Å². The summed E-state index contributed by atoms with van der Waals surface area (Å²) in [6.07, 6.45) is 1.34. The van der Waals surface area contributed by atoms with Gasteiger partial charge in [0.15, 0.2) is 0 Å². The summed E-state index contributed by atoms with van der Waals surface area (Å²) in [5.74, 6) is 0.177. The average molecular weight is 360 g/mol. The first kappa shape index (κ1) is 16.8. The van der Waals surface area contributed by atoms with Crippen LogP contribution >= 0.6 is 15.9 Å². The van der Waals surface area contributed by atoms with Gasteiger partial charge in [0.25, 0.3) is 0 Å². The van der Waals surface area contributed by atoms with Crippen LogP contribution in [0.4, 0.5) is 0 Å². The summed E-state index contributed by atoms with van der Waals surface area (Å²) in [6.45, 7) is 4.83. The van der Waals surface area contributed by atoms with Crippen LogP contribution in [0.25, 0.3) is 0 Å². The van der Waals surface area contributed by atoms with E-state index >= 15 is 0 Å². The molecule has 0 aliphatic heterocycles. The summed E-state index contributed by atoms with van der Waals surface area (Å²) < 4.78 is 1.05. The van der Waals surface area contributed by atoms with Crippen LogP contribution in [0, 0.1) is 13.8 Å². The van der Waals surface area contributed by atoms with Crippen molar-refractivity contribution in [2.24, 2.45) is 0 Å². The van der Waals surface area contributed by atoms with E-state index in [2.05, 4.69) is 48.0 Å². The summed E-state index contributed by atoms with van der Waals surface area (Å²) in [5.41, 5.74) is 4.91. The highest BCUT2D eigenvalue weighted by Crippen LogP contribution is 2.18. The molecule has 0 saturated heterocycles. The molecule has 0 atom stereocenters. The third-order valence-electron chi connectivity index (χ3n) is 3.90. The molecule has 0 fully saturated rings. The molecule has 0 radical (unpaired) electrons. The summed E-state index contributed by atoms with van der Waals surface area (Å²) in [4.78, 5) is 14.1. The minimum Gasteiger partial charge on any atom is -0.341 e. The maximum Gasteiger partial charge on any atom is 0.222 e. The van der Waals surface area contributed by atoms with Crippen molar-refractivity contribution in [1.29, 1.82) is 0 Å². The molecule has 0 aromatic heterocycles. The van der Waals surface area contributed by atoms with Gasteiger partial charge in [0.2, 0.25) is 5.91 Å². The van der Waals surface area contributed by atoms with Gasteiger partial charge in [-0.25, -0.2) is 0 Å². The van der Waals surface area contributed by atoms with Gasteiger partial charge in [0.05, 0.1) is 0 Å². The highest BCUT2D eigenvalue weighted by molar-refractivity contribution is 9.10. The molecule has 3 heteroatoms. The molecule has 0 unspecified atom stereocenters. The van der Waals surface area contributed by atoms with Crippen molar-refractivity contribution < 1.29 is 4.79 Å². The standard InChI is InChI=1S/C19H22BrNO/c1-14-8-9-16(15(2)12-14)10-11-19(22)21(3)13-17-6-4-5-7-18(17)20/h4-9,12H,10-11,13H2,1-3H3. The molecule has 116 valence electrons. The van der Waals surface area contributed by atoms with Gasteiger partial charge in [0.1, 0.15) is 0 Å². The summed E-state index contributed by atoms with van der Waals surface area (Å²) in [6, 6.07) is 14.4. The van der Waals surface area contributed by atoms with E-state index in [-0.39, 0.29) is 5.91 Å². The minimum atomic E-state index is 0.177. The highest BCUT2D eigenvalue weighted by atomic mass is 79.9. The molecule has 0 bridgehead atoms. The van der Waals surface area contributed by atoms with Crippen molar-refractivity contribution in [3.05, 3.63) is 69.2 Å². The fraction of sp³-hybridized carbons (Fsp3) is 0.316. The molecule has 2 aromatic carbocycles.